The normalized spacial score (nSPS) is 17.6. The van der Waals surface area contributed by atoms with E-state index in [0.29, 0.717) is 0 Å². The summed E-state index contributed by atoms with van der Waals surface area (Å²) in [5, 5.41) is 12.4. The predicted octanol–water partition coefficient (Wildman–Crippen LogP) is 2.95. The summed E-state index contributed by atoms with van der Waals surface area (Å²) in [6.45, 7) is 7.21. The van der Waals surface area contributed by atoms with Crippen LogP contribution < -0.4 is 5.32 Å². The van der Waals surface area contributed by atoms with Crippen molar-refractivity contribution < 1.29 is 0 Å². The van der Waals surface area contributed by atoms with Gasteiger partial charge in [0.25, 0.3) is 0 Å². The van der Waals surface area contributed by atoms with Crippen LogP contribution in [0.2, 0.25) is 0 Å². The molecular formula is C23H36IN7. The largest absolute Gasteiger partial charge is 0.356 e. The molecule has 1 aromatic carbocycles. The number of nitrogens with zero attached hydrogens (tertiary/aromatic N) is 6. The molecule has 2 aliphatic heterocycles. The summed E-state index contributed by atoms with van der Waals surface area (Å²) in [6, 6.07) is 10.7. The molecule has 0 aliphatic carbocycles. The summed E-state index contributed by atoms with van der Waals surface area (Å²) in [5.74, 6) is 3.35. The topological polar surface area (TPSA) is 61.6 Å². The molecule has 1 N–H and O–H groups in total. The number of aryl methyl sites for hydroxylation is 2. The van der Waals surface area contributed by atoms with Gasteiger partial charge < -0.3 is 14.8 Å². The van der Waals surface area contributed by atoms with Gasteiger partial charge in [-0.1, -0.05) is 36.8 Å². The van der Waals surface area contributed by atoms with Crippen molar-refractivity contribution in [3.63, 3.8) is 0 Å². The lowest BCUT2D eigenvalue weighted by Crippen LogP contribution is -2.52. The number of hydrogen-bond donors (Lipinski definition) is 1. The van der Waals surface area contributed by atoms with Gasteiger partial charge in [-0.2, -0.15) is 0 Å². The highest BCUT2D eigenvalue weighted by molar-refractivity contribution is 14.0. The fourth-order valence-electron chi connectivity index (χ4n) is 4.47. The first kappa shape index (κ1) is 24.0. The van der Waals surface area contributed by atoms with Crippen molar-refractivity contribution in [1.29, 1.82) is 0 Å². The zero-order chi connectivity index (χ0) is 20.6. The first-order valence-electron chi connectivity index (χ1n) is 11.5. The Morgan fingerprint density at radius 2 is 1.81 bits per heavy atom. The highest BCUT2D eigenvalue weighted by atomic mass is 127. The van der Waals surface area contributed by atoms with Crippen molar-refractivity contribution in [1.82, 2.24) is 29.9 Å². The van der Waals surface area contributed by atoms with E-state index in [4.69, 9.17) is 0 Å². The molecule has 7 nitrogen and oxygen atoms in total. The van der Waals surface area contributed by atoms with Crippen LogP contribution in [0.5, 0.6) is 0 Å². The molecule has 1 fully saturated rings. The fraction of sp³-hybridized carbons (Fsp3) is 0.609. The van der Waals surface area contributed by atoms with Gasteiger partial charge in [-0.3, -0.25) is 9.89 Å². The van der Waals surface area contributed by atoms with E-state index in [0.717, 1.165) is 76.9 Å². The molecule has 0 radical (unpaired) electrons. The third-order valence-electron chi connectivity index (χ3n) is 6.18. The number of halogens is 1. The van der Waals surface area contributed by atoms with Crippen LogP contribution in [-0.2, 0) is 25.9 Å². The monoisotopic (exact) mass is 537 g/mol. The minimum atomic E-state index is 0. The molecular weight excluding hydrogens is 501 g/mol. The molecule has 1 saturated heterocycles. The van der Waals surface area contributed by atoms with Gasteiger partial charge in [0.05, 0.1) is 0 Å². The van der Waals surface area contributed by atoms with Crippen LogP contribution in [0.4, 0.5) is 0 Å². The number of aliphatic imine (C=N–C) groups is 1. The molecule has 1 aromatic heterocycles. The zero-order valence-electron chi connectivity index (χ0n) is 18.7. The molecule has 0 bridgehead atoms. The summed E-state index contributed by atoms with van der Waals surface area (Å²) in [4.78, 5) is 9.42. The second-order valence-electron chi connectivity index (χ2n) is 8.32. The van der Waals surface area contributed by atoms with E-state index in [1.165, 1.54) is 30.7 Å². The lowest BCUT2D eigenvalue weighted by atomic mass is 10.2. The second kappa shape index (κ2) is 12.4. The lowest BCUT2D eigenvalue weighted by Gasteiger charge is -2.36. The number of fused-ring (bicyclic) bond motifs is 1. The van der Waals surface area contributed by atoms with E-state index >= 15 is 0 Å². The van der Waals surface area contributed by atoms with Crippen LogP contribution >= 0.6 is 24.0 Å². The molecule has 0 spiro atoms. The summed E-state index contributed by atoms with van der Waals surface area (Å²) in [6.07, 6.45) is 6.90. The molecule has 0 amide bonds. The van der Waals surface area contributed by atoms with E-state index < -0.39 is 0 Å². The molecule has 4 rings (SSSR count). The number of guanidine groups is 1. The SMILES string of the molecule is CN=C(NCCCc1nnc2n1CCCCC2)N1CCN(Cc2ccccc2)CC1.I. The Morgan fingerprint density at radius 3 is 2.58 bits per heavy atom. The summed E-state index contributed by atoms with van der Waals surface area (Å²) in [5.41, 5.74) is 1.39. The summed E-state index contributed by atoms with van der Waals surface area (Å²) < 4.78 is 2.35. The lowest BCUT2D eigenvalue weighted by molar-refractivity contribution is 0.172. The first-order chi connectivity index (χ1) is 14.8. The van der Waals surface area contributed by atoms with Gasteiger partial charge in [-0.25, -0.2) is 0 Å². The molecule has 3 heterocycles. The van der Waals surface area contributed by atoms with Gasteiger partial charge in [0.15, 0.2) is 5.96 Å². The van der Waals surface area contributed by atoms with Crippen LogP contribution in [0.3, 0.4) is 0 Å². The molecule has 0 saturated carbocycles. The van der Waals surface area contributed by atoms with Crippen LogP contribution in [0.25, 0.3) is 0 Å². The highest BCUT2D eigenvalue weighted by Crippen LogP contribution is 2.15. The minimum absolute atomic E-state index is 0. The van der Waals surface area contributed by atoms with Crippen LogP contribution in [0.15, 0.2) is 35.3 Å². The molecule has 0 atom stereocenters. The maximum absolute atomic E-state index is 4.52. The minimum Gasteiger partial charge on any atom is -0.356 e. The second-order valence-corrected chi connectivity index (χ2v) is 8.32. The van der Waals surface area contributed by atoms with Crippen molar-refractivity contribution in [3.8, 4) is 0 Å². The van der Waals surface area contributed by atoms with Gasteiger partial charge in [-0.15, -0.1) is 34.2 Å². The highest BCUT2D eigenvalue weighted by Gasteiger charge is 2.19. The smallest absolute Gasteiger partial charge is 0.193 e. The number of rotatable bonds is 6. The first-order valence-corrected chi connectivity index (χ1v) is 11.5. The van der Waals surface area contributed by atoms with E-state index in [-0.39, 0.29) is 24.0 Å². The Labute approximate surface area is 203 Å². The number of piperazine rings is 1. The Hall–Kier alpha value is -1.68. The molecule has 2 aromatic rings. The van der Waals surface area contributed by atoms with Gasteiger partial charge in [0.1, 0.15) is 11.6 Å². The average molecular weight is 537 g/mol. The maximum Gasteiger partial charge on any atom is 0.193 e. The van der Waals surface area contributed by atoms with Gasteiger partial charge in [0, 0.05) is 65.7 Å². The van der Waals surface area contributed by atoms with E-state index in [1.54, 1.807) is 0 Å². The van der Waals surface area contributed by atoms with Crippen molar-refractivity contribution in [3.05, 3.63) is 47.5 Å². The summed E-state index contributed by atoms with van der Waals surface area (Å²) in [7, 11) is 1.89. The average Bonchev–Trinajstić information content (AvgIpc) is 3.01. The Bertz CT molecular complexity index is 813. The number of benzene rings is 1. The number of aromatic nitrogens is 3. The van der Waals surface area contributed by atoms with Gasteiger partial charge >= 0.3 is 0 Å². The van der Waals surface area contributed by atoms with E-state index in [1.807, 2.05) is 7.05 Å². The Balaban J connectivity index is 0.00000272. The molecule has 170 valence electrons. The summed E-state index contributed by atoms with van der Waals surface area (Å²) >= 11 is 0. The third-order valence-corrected chi connectivity index (χ3v) is 6.18. The number of hydrogen-bond acceptors (Lipinski definition) is 4. The van der Waals surface area contributed by atoms with Crippen molar-refractivity contribution in [2.75, 3.05) is 39.8 Å². The van der Waals surface area contributed by atoms with Crippen LogP contribution in [0, 0.1) is 0 Å². The molecule has 2 aliphatic rings. The van der Waals surface area contributed by atoms with E-state index in [9.17, 15) is 0 Å². The zero-order valence-corrected chi connectivity index (χ0v) is 21.0. The maximum atomic E-state index is 4.52. The van der Waals surface area contributed by atoms with Gasteiger partial charge in [-0.05, 0) is 24.8 Å². The fourth-order valence-corrected chi connectivity index (χ4v) is 4.47. The Kier molecular flexibility index (Phi) is 9.57. The predicted molar refractivity (Wildman–Crippen MR) is 136 cm³/mol. The molecule has 0 unspecified atom stereocenters. The van der Waals surface area contributed by atoms with Crippen LogP contribution in [0.1, 0.15) is 42.9 Å². The molecule has 31 heavy (non-hydrogen) atoms. The van der Waals surface area contributed by atoms with Gasteiger partial charge in [0.2, 0.25) is 0 Å². The van der Waals surface area contributed by atoms with Crippen LogP contribution in [-0.4, -0.2) is 70.3 Å². The van der Waals surface area contributed by atoms with Crippen molar-refractivity contribution >= 4 is 29.9 Å². The molecule has 8 heteroatoms. The van der Waals surface area contributed by atoms with E-state index in [2.05, 4.69) is 65.2 Å². The Morgan fingerprint density at radius 1 is 1.00 bits per heavy atom. The van der Waals surface area contributed by atoms with Crippen molar-refractivity contribution in [2.24, 2.45) is 4.99 Å². The number of nitrogens with one attached hydrogen (secondary N) is 1. The third kappa shape index (κ3) is 6.65. The quantitative estimate of drug-likeness (QED) is 0.266. The van der Waals surface area contributed by atoms with Crippen molar-refractivity contribution in [2.45, 2.75) is 51.6 Å². The standard InChI is InChI=1S/C23H35N7.HI/c1-24-23(29-17-15-28(16-18-29)19-20-9-4-2-5-10-20)25-13-8-12-22-27-26-21-11-6-3-7-14-30(21)22;/h2,4-5,9-10H,3,6-8,11-19H2,1H3,(H,24,25);1H.